The van der Waals surface area contributed by atoms with E-state index in [1.807, 2.05) is 18.2 Å². The number of H-pyrrole nitrogens is 1. The van der Waals surface area contributed by atoms with Gasteiger partial charge in [-0.2, -0.15) is 0 Å². The first-order valence-electron chi connectivity index (χ1n) is 4.25. The molecule has 4 nitrogen and oxygen atoms in total. The van der Waals surface area contributed by atoms with Crippen LogP contribution in [0.2, 0.25) is 0 Å². The van der Waals surface area contributed by atoms with Gasteiger partial charge in [0.15, 0.2) is 0 Å². The Morgan fingerprint density at radius 3 is 2.47 bits per heavy atom. The Kier molecular flexibility index (Phi) is 2.55. The van der Waals surface area contributed by atoms with Crippen LogP contribution in [0.3, 0.4) is 0 Å². The molecule has 1 heterocycles. The average molecular weight is 267 g/mol. The number of halogens is 1. The van der Waals surface area contributed by atoms with Crippen molar-refractivity contribution in [2.75, 3.05) is 0 Å². The van der Waals surface area contributed by atoms with E-state index in [9.17, 15) is 9.59 Å². The molecule has 5 heteroatoms. The fourth-order valence-corrected chi connectivity index (χ4v) is 1.53. The van der Waals surface area contributed by atoms with Gasteiger partial charge >= 0.3 is 5.69 Å². The maximum Gasteiger partial charge on any atom is 0.332 e. The van der Waals surface area contributed by atoms with Gasteiger partial charge in [0.05, 0.1) is 10.2 Å². The Bertz CT molecular complexity index is 586. The first-order valence-corrected chi connectivity index (χ1v) is 5.05. The molecule has 76 valence electrons. The number of hydrogen-bond donors (Lipinski definition) is 1. The van der Waals surface area contributed by atoms with Gasteiger partial charge in [0.25, 0.3) is 5.56 Å². The SMILES string of the molecule is O=c1[nH]c(=O)n(-c2ccccc2)cc1Br. The second-order valence-electron chi connectivity index (χ2n) is 2.94. The molecular formula is C10H7BrN2O2. The number of aromatic nitrogens is 2. The number of benzene rings is 1. The summed E-state index contributed by atoms with van der Waals surface area (Å²) in [7, 11) is 0. The Morgan fingerprint density at radius 2 is 1.80 bits per heavy atom. The monoisotopic (exact) mass is 266 g/mol. The summed E-state index contributed by atoms with van der Waals surface area (Å²) in [6, 6.07) is 9.06. The van der Waals surface area contributed by atoms with E-state index in [-0.39, 0.29) is 0 Å². The van der Waals surface area contributed by atoms with E-state index in [4.69, 9.17) is 0 Å². The predicted octanol–water partition coefficient (Wildman–Crippen LogP) is 1.29. The van der Waals surface area contributed by atoms with Crippen molar-refractivity contribution in [3.8, 4) is 5.69 Å². The molecule has 0 aliphatic carbocycles. The van der Waals surface area contributed by atoms with E-state index >= 15 is 0 Å². The lowest BCUT2D eigenvalue weighted by atomic mass is 10.3. The Morgan fingerprint density at radius 1 is 1.13 bits per heavy atom. The summed E-state index contributed by atoms with van der Waals surface area (Å²) in [6.07, 6.45) is 1.45. The molecule has 0 atom stereocenters. The summed E-state index contributed by atoms with van der Waals surface area (Å²) in [5.74, 6) is 0. The highest BCUT2D eigenvalue weighted by Gasteiger charge is 2.02. The van der Waals surface area contributed by atoms with Crippen LogP contribution in [0.25, 0.3) is 5.69 Å². The normalized spacial score (nSPS) is 10.2. The Hall–Kier alpha value is -1.62. The van der Waals surface area contributed by atoms with Gasteiger partial charge in [0.1, 0.15) is 0 Å². The summed E-state index contributed by atoms with van der Waals surface area (Å²) in [5, 5.41) is 0. The van der Waals surface area contributed by atoms with E-state index in [0.29, 0.717) is 10.2 Å². The Labute approximate surface area is 93.3 Å². The number of rotatable bonds is 1. The van der Waals surface area contributed by atoms with Crippen molar-refractivity contribution < 1.29 is 0 Å². The smallest absolute Gasteiger partial charge is 0.273 e. The second kappa shape index (κ2) is 3.86. The van der Waals surface area contributed by atoms with Crippen LogP contribution in [0.5, 0.6) is 0 Å². The van der Waals surface area contributed by atoms with Gasteiger partial charge in [-0.25, -0.2) is 4.79 Å². The zero-order valence-electron chi connectivity index (χ0n) is 7.61. The van der Waals surface area contributed by atoms with Crippen molar-refractivity contribution in [2.24, 2.45) is 0 Å². The molecule has 2 rings (SSSR count). The summed E-state index contributed by atoms with van der Waals surface area (Å²) in [4.78, 5) is 24.8. The maximum absolute atomic E-state index is 11.5. The van der Waals surface area contributed by atoms with Gasteiger partial charge in [-0.3, -0.25) is 14.3 Å². The van der Waals surface area contributed by atoms with E-state index in [1.165, 1.54) is 10.8 Å². The molecule has 0 radical (unpaired) electrons. The van der Waals surface area contributed by atoms with Gasteiger partial charge in [0, 0.05) is 6.20 Å². The minimum absolute atomic E-state index is 0.325. The lowest BCUT2D eigenvalue weighted by Crippen LogP contribution is -2.28. The Balaban J connectivity index is 2.70. The highest BCUT2D eigenvalue weighted by atomic mass is 79.9. The van der Waals surface area contributed by atoms with Gasteiger partial charge in [-0.15, -0.1) is 0 Å². The molecule has 0 aliphatic rings. The third-order valence-corrected chi connectivity index (χ3v) is 2.50. The predicted molar refractivity (Wildman–Crippen MR) is 60.4 cm³/mol. The van der Waals surface area contributed by atoms with E-state index < -0.39 is 11.2 Å². The van der Waals surface area contributed by atoms with Gasteiger partial charge in [-0.1, -0.05) is 18.2 Å². The van der Waals surface area contributed by atoms with Gasteiger partial charge < -0.3 is 0 Å². The molecule has 0 amide bonds. The largest absolute Gasteiger partial charge is 0.332 e. The number of hydrogen-bond acceptors (Lipinski definition) is 2. The first-order chi connectivity index (χ1) is 7.18. The van der Waals surface area contributed by atoms with Crippen LogP contribution in [0.15, 0.2) is 50.6 Å². The standard InChI is InChI=1S/C10H7BrN2O2/c11-8-6-13(10(15)12-9(8)14)7-4-2-1-3-5-7/h1-6H,(H,12,14,15). The van der Waals surface area contributed by atoms with Crippen LogP contribution < -0.4 is 11.2 Å². The number of para-hydroxylation sites is 1. The first kappa shape index (κ1) is 9.92. The van der Waals surface area contributed by atoms with Crippen molar-refractivity contribution in [2.45, 2.75) is 0 Å². The summed E-state index contributed by atoms with van der Waals surface area (Å²) in [5.41, 5.74) is -0.166. The van der Waals surface area contributed by atoms with Crippen LogP contribution in [0.4, 0.5) is 0 Å². The summed E-state index contributed by atoms with van der Waals surface area (Å²) >= 11 is 3.07. The molecule has 1 aromatic heterocycles. The van der Waals surface area contributed by atoms with Crippen LogP contribution in [0, 0.1) is 0 Å². The number of aromatic amines is 1. The van der Waals surface area contributed by atoms with Crippen LogP contribution >= 0.6 is 15.9 Å². The third-order valence-electron chi connectivity index (χ3n) is 1.93. The van der Waals surface area contributed by atoms with Gasteiger partial charge in [-0.05, 0) is 28.1 Å². The quantitative estimate of drug-likeness (QED) is 0.846. The topological polar surface area (TPSA) is 54.9 Å². The molecule has 0 aliphatic heterocycles. The molecule has 0 fully saturated rings. The minimum atomic E-state index is -0.450. The zero-order chi connectivity index (χ0) is 10.8. The van der Waals surface area contributed by atoms with Crippen LogP contribution in [0.1, 0.15) is 0 Å². The van der Waals surface area contributed by atoms with E-state index in [2.05, 4.69) is 20.9 Å². The molecule has 1 N–H and O–H groups in total. The second-order valence-corrected chi connectivity index (χ2v) is 3.80. The molecule has 0 unspecified atom stereocenters. The van der Waals surface area contributed by atoms with Crippen molar-refractivity contribution in [3.05, 3.63) is 61.8 Å². The van der Waals surface area contributed by atoms with Crippen molar-refractivity contribution in [1.29, 1.82) is 0 Å². The lowest BCUT2D eigenvalue weighted by molar-refractivity contribution is 0.887. The van der Waals surface area contributed by atoms with Crippen LogP contribution in [-0.2, 0) is 0 Å². The molecule has 15 heavy (non-hydrogen) atoms. The van der Waals surface area contributed by atoms with E-state index in [0.717, 1.165) is 0 Å². The molecule has 2 aromatic rings. The highest BCUT2D eigenvalue weighted by molar-refractivity contribution is 9.10. The van der Waals surface area contributed by atoms with E-state index in [1.54, 1.807) is 12.1 Å². The van der Waals surface area contributed by atoms with Crippen molar-refractivity contribution in [3.63, 3.8) is 0 Å². The summed E-state index contributed by atoms with van der Waals surface area (Å²) in [6.45, 7) is 0. The number of nitrogens with zero attached hydrogens (tertiary/aromatic N) is 1. The average Bonchev–Trinajstić information content (AvgIpc) is 2.25. The lowest BCUT2D eigenvalue weighted by Gasteiger charge is -2.04. The molecular weight excluding hydrogens is 260 g/mol. The molecule has 0 bridgehead atoms. The van der Waals surface area contributed by atoms with Crippen molar-refractivity contribution >= 4 is 15.9 Å². The minimum Gasteiger partial charge on any atom is -0.273 e. The number of nitrogens with one attached hydrogen (secondary N) is 1. The van der Waals surface area contributed by atoms with Crippen LogP contribution in [-0.4, -0.2) is 9.55 Å². The fourth-order valence-electron chi connectivity index (χ4n) is 1.23. The highest BCUT2D eigenvalue weighted by Crippen LogP contribution is 2.05. The maximum atomic E-state index is 11.5. The molecule has 0 saturated carbocycles. The zero-order valence-corrected chi connectivity index (χ0v) is 9.19. The molecule has 1 aromatic carbocycles. The summed E-state index contributed by atoms with van der Waals surface area (Å²) < 4.78 is 1.69. The molecule has 0 spiro atoms. The molecule has 0 saturated heterocycles. The fraction of sp³-hybridized carbons (Fsp3) is 0. The van der Waals surface area contributed by atoms with Gasteiger partial charge in [0.2, 0.25) is 0 Å². The van der Waals surface area contributed by atoms with Crippen molar-refractivity contribution in [1.82, 2.24) is 9.55 Å². The third kappa shape index (κ3) is 1.92.